The van der Waals surface area contributed by atoms with Crippen molar-refractivity contribution < 1.29 is 23.9 Å². The first kappa shape index (κ1) is 22.5. The topological polar surface area (TPSA) is 97.0 Å². The molecule has 2 rings (SSSR count). The summed E-state index contributed by atoms with van der Waals surface area (Å²) in [5.41, 5.74) is -0.0875. The molecular weight excluding hydrogens is 374 g/mol. The van der Waals surface area contributed by atoms with Crippen LogP contribution in [0.4, 0.5) is 4.79 Å². The molecule has 160 valence electrons. The maximum absolute atomic E-state index is 12.4. The number of carbonyl (C=O) groups excluding carboxylic acids is 3. The van der Waals surface area contributed by atoms with Crippen LogP contribution in [0.2, 0.25) is 0 Å². The Kier molecular flexibility index (Phi) is 7.87. The third kappa shape index (κ3) is 7.29. The Labute approximate surface area is 171 Å². The fraction of sp³-hybridized carbons (Fsp3) is 0.571. The van der Waals surface area contributed by atoms with E-state index in [-0.39, 0.29) is 18.4 Å². The van der Waals surface area contributed by atoms with Crippen molar-refractivity contribution >= 4 is 17.9 Å². The second-order valence-electron chi connectivity index (χ2n) is 8.09. The quantitative estimate of drug-likeness (QED) is 0.756. The second kappa shape index (κ2) is 10.1. The van der Waals surface area contributed by atoms with Crippen LogP contribution < -0.4 is 15.4 Å². The highest BCUT2D eigenvalue weighted by Gasteiger charge is 2.24. The van der Waals surface area contributed by atoms with Crippen molar-refractivity contribution in [3.05, 3.63) is 29.8 Å². The molecule has 1 fully saturated rings. The Balaban J connectivity index is 1.71. The molecule has 1 heterocycles. The minimum atomic E-state index is -0.598. The van der Waals surface area contributed by atoms with Gasteiger partial charge in [-0.15, -0.1) is 0 Å². The van der Waals surface area contributed by atoms with Gasteiger partial charge in [0.2, 0.25) is 5.91 Å². The largest absolute Gasteiger partial charge is 0.496 e. The van der Waals surface area contributed by atoms with Crippen LogP contribution in [0.5, 0.6) is 5.75 Å². The summed E-state index contributed by atoms with van der Waals surface area (Å²) in [5.74, 6) is 0.550. The van der Waals surface area contributed by atoms with E-state index >= 15 is 0 Å². The van der Waals surface area contributed by atoms with Gasteiger partial charge in [-0.25, -0.2) is 4.79 Å². The summed E-state index contributed by atoms with van der Waals surface area (Å²) in [6.45, 7) is 6.98. The van der Waals surface area contributed by atoms with Crippen molar-refractivity contribution in [2.45, 2.75) is 39.2 Å². The van der Waals surface area contributed by atoms with Gasteiger partial charge in [-0.05, 0) is 51.7 Å². The Morgan fingerprint density at radius 3 is 2.38 bits per heavy atom. The van der Waals surface area contributed by atoms with Crippen LogP contribution in [0.25, 0.3) is 0 Å². The Morgan fingerprint density at radius 2 is 1.76 bits per heavy atom. The molecule has 29 heavy (non-hydrogen) atoms. The number of para-hydroxylation sites is 1. The first-order valence-corrected chi connectivity index (χ1v) is 9.85. The van der Waals surface area contributed by atoms with Crippen LogP contribution in [0, 0.1) is 5.92 Å². The van der Waals surface area contributed by atoms with Crippen molar-refractivity contribution in [2.24, 2.45) is 5.92 Å². The van der Waals surface area contributed by atoms with Gasteiger partial charge in [0.1, 0.15) is 17.9 Å². The lowest BCUT2D eigenvalue weighted by Gasteiger charge is -2.32. The molecule has 0 bridgehead atoms. The van der Waals surface area contributed by atoms with E-state index in [0.717, 1.165) is 12.8 Å². The van der Waals surface area contributed by atoms with Gasteiger partial charge in [0.05, 0.1) is 12.7 Å². The van der Waals surface area contributed by atoms with Crippen molar-refractivity contribution in [3.8, 4) is 5.75 Å². The summed E-state index contributed by atoms with van der Waals surface area (Å²) in [6.07, 6.45) is 0.995. The van der Waals surface area contributed by atoms with Crippen molar-refractivity contribution in [3.63, 3.8) is 0 Å². The maximum atomic E-state index is 12.4. The molecule has 8 nitrogen and oxygen atoms in total. The van der Waals surface area contributed by atoms with E-state index < -0.39 is 11.7 Å². The number of methoxy groups -OCH3 is 1. The summed E-state index contributed by atoms with van der Waals surface area (Å²) in [6, 6.07) is 7.10. The average molecular weight is 405 g/mol. The third-order valence-corrected chi connectivity index (χ3v) is 4.65. The molecule has 0 radical (unpaired) electrons. The number of carbonyl (C=O) groups is 3. The number of nitrogens with zero attached hydrogens (tertiary/aromatic N) is 1. The molecule has 0 unspecified atom stereocenters. The number of alkyl carbamates (subject to hydrolysis) is 1. The van der Waals surface area contributed by atoms with Crippen LogP contribution in [-0.2, 0) is 9.53 Å². The molecule has 0 aliphatic carbocycles. The molecule has 0 saturated carbocycles. The zero-order chi connectivity index (χ0) is 21.4. The number of benzene rings is 1. The van der Waals surface area contributed by atoms with E-state index in [0.29, 0.717) is 36.9 Å². The highest BCUT2D eigenvalue weighted by molar-refractivity contribution is 5.96. The molecule has 3 amide bonds. The molecule has 1 saturated heterocycles. The van der Waals surface area contributed by atoms with Crippen LogP contribution in [0.3, 0.4) is 0 Å². The minimum absolute atomic E-state index is 0.0792. The van der Waals surface area contributed by atoms with Gasteiger partial charge in [-0.1, -0.05) is 12.1 Å². The van der Waals surface area contributed by atoms with Crippen LogP contribution in [-0.4, -0.2) is 61.7 Å². The van der Waals surface area contributed by atoms with Gasteiger partial charge in [-0.2, -0.15) is 0 Å². The molecule has 1 aromatic carbocycles. The average Bonchev–Trinajstić information content (AvgIpc) is 2.69. The molecular formula is C21H31N3O5. The number of piperidine rings is 1. The minimum Gasteiger partial charge on any atom is -0.496 e. The summed E-state index contributed by atoms with van der Waals surface area (Å²) in [5, 5.41) is 5.45. The summed E-state index contributed by atoms with van der Waals surface area (Å²) < 4.78 is 10.4. The second-order valence-corrected chi connectivity index (χ2v) is 8.09. The van der Waals surface area contributed by atoms with E-state index in [4.69, 9.17) is 9.47 Å². The van der Waals surface area contributed by atoms with Crippen LogP contribution in [0.1, 0.15) is 44.0 Å². The lowest BCUT2D eigenvalue weighted by molar-refractivity contribution is -0.131. The molecule has 2 N–H and O–H groups in total. The highest BCUT2D eigenvalue weighted by Crippen LogP contribution is 2.19. The normalized spacial score (nSPS) is 14.8. The number of amides is 3. The molecule has 1 aliphatic rings. The summed E-state index contributed by atoms with van der Waals surface area (Å²) in [4.78, 5) is 38.0. The van der Waals surface area contributed by atoms with Gasteiger partial charge >= 0.3 is 6.09 Å². The highest BCUT2D eigenvalue weighted by atomic mass is 16.6. The predicted octanol–water partition coefficient (Wildman–Crippen LogP) is 2.19. The number of likely N-dealkylation sites (tertiary alicyclic amines) is 1. The van der Waals surface area contributed by atoms with E-state index in [9.17, 15) is 14.4 Å². The number of hydrogen-bond acceptors (Lipinski definition) is 5. The number of hydrogen-bond donors (Lipinski definition) is 2. The van der Waals surface area contributed by atoms with Gasteiger partial charge in [0.25, 0.3) is 5.91 Å². The summed E-state index contributed by atoms with van der Waals surface area (Å²) in [7, 11) is 1.54. The van der Waals surface area contributed by atoms with E-state index in [1.807, 2.05) is 6.07 Å². The predicted molar refractivity (Wildman–Crippen MR) is 109 cm³/mol. The Hall–Kier alpha value is -2.77. The lowest BCUT2D eigenvalue weighted by atomic mass is 9.96. The number of nitrogens with one attached hydrogen (secondary N) is 2. The zero-order valence-electron chi connectivity index (χ0n) is 17.6. The van der Waals surface area contributed by atoms with Gasteiger partial charge in [-0.3, -0.25) is 9.59 Å². The number of ether oxygens (including phenoxy) is 2. The molecule has 8 heteroatoms. The SMILES string of the molecule is COc1ccccc1C(=O)NCC1CCN(C(=O)CNC(=O)OC(C)(C)C)CC1. The molecule has 1 aliphatic heterocycles. The van der Waals surface area contributed by atoms with Gasteiger partial charge in [0, 0.05) is 19.6 Å². The maximum Gasteiger partial charge on any atom is 0.408 e. The van der Waals surface area contributed by atoms with Gasteiger partial charge in [0.15, 0.2) is 0 Å². The monoisotopic (exact) mass is 405 g/mol. The fourth-order valence-electron chi connectivity index (χ4n) is 3.12. The smallest absolute Gasteiger partial charge is 0.408 e. The van der Waals surface area contributed by atoms with Crippen molar-refractivity contribution in [1.82, 2.24) is 15.5 Å². The third-order valence-electron chi connectivity index (χ3n) is 4.65. The van der Waals surface area contributed by atoms with Crippen molar-refractivity contribution in [2.75, 3.05) is 33.3 Å². The standard InChI is InChI=1S/C21H31N3O5/c1-21(2,3)29-20(27)23-14-18(25)24-11-9-15(10-12-24)13-22-19(26)16-7-5-6-8-17(16)28-4/h5-8,15H,9-14H2,1-4H3,(H,22,26)(H,23,27). The first-order valence-electron chi connectivity index (χ1n) is 9.85. The Morgan fingerprint density at radius 1 is 1.10 bits per heavy atom. The van der Waals surface area contributed by atoms with E-state index in [2.05, 4.69) is 10.6 Å². The first-order chi connectivity index (χ1) is 13.7. The van der Waals surface area contributed by atoms with Crippen LogP contribution in [0.15, 0.2) is 24.3 Å². The molecule has 0 spiro atoms. The van der Waals surface area contributed by atoms with E-state index in [1.54, 1.807) is 43.9 Å². The van der Waals surface area contributed by atoms with Gasteiger partial charge < -0.3 is 25.0 Å². The molecule has 0 atom stereocenters. The Bertz CT molecular complexity index is 721. The van der Waals surface area contributed by atoms with E-state index in [1.165, 1.54) is 7.11 Å². The molecule has 1 aromatic rings. The van der Waals surface area contributed by atoms with Crippen molar-refractivity contribution in [1.29, 1.82) is 0 Å². The lowest BCUT2D eigenvalue weighted by Crippen LogP contribution is -2.46. The summed E-state index contributed by atoms with van der Waals surface area (Å²) >= 11 is 0. The molecule has 0 aromatic heterocycles. The van der Waals surface area contributed by atoms with Crippen LogP contribution >= 0.6 is 0 Å². The number of rotatable bonds is 6. The fourth-order valence-corrected chi connectivity index (χ4v) is 3.12. The zero-order valence-corrected chi connectivity index (χ0v) is 17.6.